The molecule has 2 atom stereocenters. The molecular weight excluding hydrogens is 750 g/mol. The molecule has 0 aromatic rings. The van der Waals surface area contributed by atoms with E-state index in [1.54, 1.807) is 0 Å². The molecule has 0 amide bonds. The first-order chi connectivity index (χ1) is 28.0. The number of rotatable bonds is 45. The fourth-order valence-corrected chi connectivity index (χ4v) is 7.69. The van der Waals surface area contributed by atoms with Gasteiger partial charge in [-0.05, 0) is 38.5 Å². The highest BCUT2D eigenvalue weighted by Crippen LogP contribution is 2.43. The number of carbonyl (C=O) groups is 2. The fraction of sp³-hybridized carbons (Fsp3) is 0.917. The van der Waals surface area contributed by atoms with E-state index in [0.717, 1.165) is 51.4 Å². The number of ether oxygens (including phenoxy) is 2. The number of carbonyl (C=O) groups excluding carboxylic acids is 2. The van der Waals surface area contributed by atoms with Gasteiger partial charge < -0.3 is 18.9 Å². The topological polar surface area (TPSA) is 108 Å². The van der Waals surface area contributed by atoms with Crippen LogP contribution in [0, 0.1) is 0 Å². The van der Waals surface area contributed by atoms with Crippen molar-refractivity contribution in [3.63, 3.8) is 0 Å². The lowest BCUT2D eigenvalue weighted by Gasteiger charge is -2.24. The van der Waals surface area contributed by atoms with Crippen molar-refractivity contribution in [1.82, 2.24) is 0 Å². The van der Waals surface area contributed by atoms with Gasteiger partial charge in [-0.3, -0.25) is 18.6 Å². The van der Waals surface area contributed by atoms with E-state index in [4.69, 9.17) is 18.5 Å². The van der Waals surface area contributed by atoms with Gasteiger partial charge in [-0.2, -0.15) is 0 Å². The van der Waals surface area contributed by atoms with Crippen LogP contribution in [0.25, 0.3) is 0 Å². The average molecular weight is 845 g/mol. The number of hydrogen-bond acceptors (Lipinski definition) is 7. The first-order valence-electron chi connectivity index (χ1n) is 24.4. The van der Waals surface area contributed by atoms with Crippen LogP contribution in [0.15, 0.2) is 12.2 Å². The Labute approximate surface area is 358 Å². The minimum absolute atomic E-state index is 0.0329. The van der Waals surface area contributed by atoms with Crippen molar-refractivity contribution >= 4 is 19.8 Å². The number of phosphoric acid groups is 1. The van der Waals surface area contributed by atoms with Gasteiger partial charge in [-0.15, -0.1) is 0 Å². The predicted molar refractivity (Wildman–Crippen MR) is 243 cm³/mol. The lowest BCUT2D eigenvalue weighted by Crippen LogP contribution is -2.37. The van der Waals surface area contributed by atoms with Gasteiger partial charge in [0.25, 0.3) is 0 Å². The maximum absolute atomic E-state index is 12.7. The van der Waals surface area contributed by atoms with Crippen LogP contribution in [0.4, 0.5) is 0 Å². The van der Waals surface area contributed by atoms with E-state index in [2.05, 4.69) is 26.0 Å². The number of nitrogens with zero attached hydrogens (tertiary/aromatic N) is 1. The predicted octanol–water partition coefficient (Wildman–Crippen LogP) is 14.1. The largest absolute Gasteiger partial charge is 0.472 e. The molecule has 0 bridgehead atoms. The molecule has 1 N–H and O–H groups in total. The van der Waals surface area contributed by atoms with E-state index in [1.807, 2.05) is 21.1 Å². The molecule has 0 spiro atoms. The molecule has 0 fully saturated rings. The van der Waals surface area contributed by atoms with Crippen LogP contribution in [0.5, 0.6) is 0 Å². The molecular formula is C48H95NO8P+. The van der Waals surface area contributed by atoms with Crippen molar-refractivity contribution < 1.29 is 42.1 Å². The van der Waals surface area contributed by atoms with Crippen LogP contribution < -0.4 is 0 Å². The van der Waals surface area contributed by atoms with Crippen molar-refractivity contribution in [3.05, 3.63) is 12.2 Å². The molecule has 9 nitrogen and oxygen atoms in total. The number of hydrogen-bond donors (Lipinski definition) is 1. The normalized spacial score (nSPS) is 13.6. The van der Waals surface area contributed by atoms with Crippen LogP contribution in [-0.4, -0.2) is 74.9 Å². The standard InChI is InChI=1S/C48H94NO8P/c1-6-8-10-12-14-16-18-20-22-24-26-28-30-32-34-36-38-40-47(50)54-44-46(45-56-58(52,53)55-43-42-49(3,4)5)57-48(51)41-39-37-35-33-31-29-27-25-23-21-19-17-15-13-11-9-7-2/h27,29,46H,6-26,28,30-45H2,1-5H3/p+1/b29-27-/t46-/m1/s1. The minimum atomic E-state index is -4.37. The first-order valence-corrected chi connectivity index (χ1v) is 25.9. The molecule has 0 saturated carbocycles. The Kier molecular flexibility index (Phi) is 40.2. The molecule has 1 unspecified atom stereocenters. The van der Waals surface area contributed by atoms with E-state index in [1.165, 1.54) is 148 Å². The quantitative estimate of drug-likeness (QED) is 0.0212. The zero-order valence-electron chi connectivity index (χ0n) is 38.8. The Balaban J connectivity index is 4.28. The Morgan fingerprint density at radius 2 is 0.879 bits per heavy atom. The molecule has 0 aromatic carbocycles. The van der Waals surface area contributed by atoms with Gasteiger partial charge >= 0.3 is 19.8 Å². The summed E-state index contributed by atoms with van der Waals surface area (Å²) in [5, 5.41) is 0. The summed E-state index contributed by atoms with van der Waals surface area (Å²) in [6.07, 6.45) is 44.0. The van der Waals surface area contributed by atoms with Crippen molar-refractivity contribution in [2.75, 3.05) is 47.5 Å². The minimum Gasteiger partial charge on any atom is -0.462 e. The summed E-state index contributed by atoms with van der Waals surface area (Å²) in [5.74, 6) is -0.798. The molecule has 0 aliphatic rings. The third-order valence-electron chi connectivity index (χ3n) is 10.8. The summed E-state index contributed by atoms with van der Waals surface area (Å²) in [6.45, 7) is 4.45. The smallest absolute Gasteiger partial charge is 0.462 e. The third-order valence-corrected chi connectivity index (χ3v) is 11.8. The highest BCUT2D eigenvalue weighted by atomic mass is 31.2. The lowest BCUT2D eigenvalue weighted by molar-refractivity contribution is -0.870. The van der Waals surface area contributed by atoms with Crippen LogP contribution >= 0.6 is 7.82 Å². The second-order valence-electron chi connectivity index (χ2n) is 17.9. The second kappa shape index (κ2) is 41.1. The van der Waals surface area contributed by atoms with Gasteiger partial charge in [0.15, 0.2) is 6.10 Å². The van der Waals surface area contributed by atoms with E-state index in [0.29, 0.717) is 23.9 Å². The van der Waals surface area contributed by atoms with Gasteiger partial charge in [0.05, 0.1) is 27.7 Å². The summed E-state index contributed by atoms with van der Waals surface area (Å²) < 4.78 is 34.4. The van der Waals surface area contributed by atoms with Gasteiger partial charge in [-0.25, -0.2) is 4.57 Å². The molecule has 0 rings (SSSR count). The van der Waals surface area contributed by atoms with Crippen molar-refractivity contribution in [1.29, 1.82) is 0 Å². The van der Waals surface area contributed by atoms with E-state index in [-0.39, 0.29) is 25.6 Å². The van der Waals surface area contributed by atoms with Gasteiger partial charge in [0.1, 0.15) is 19.8 Å². The molecule has 0 radical (unpaired) electrons. The molecule has 0 aliphatic heterocycles. The Bertz CT molecular complexity index is 1000. The summed E-state index contributed by atoms with van der Waals surface area (Å²) in [6, 6.07) is 0. The van der Waals surface area contributed by atoms with Crippen molar-refractivity contribution in [2.45, 2.75) is 238 Å². The maximum Gasteiger partial charge on any atom is 0.472 e. The molecule has 344 valence electrons. The molecule has 0 aromatic heterocycles. The van der Waals surface area contributed by atoms with Crippen LogP contribution in [0.3, 0.4) is 0 Å². The number of likely N-dealkylation sites (N-methyl/N-ethyl adjacent to an activating group) is 1. The van der Waals surface area contributed by atoms with Crippen molar-refractivity contribution in [2.24, 2.45) is 0 Å². The summed E-state index contributed by atoms with van der Waals surface area (Å²) >= 11 is 0. The Morgan fingerprint density at radius 3 is 1.28 bits per heavy atom. The van der Waals surface area contributed by atoms with Crippen molar-refractivity contribution in [3.8, 4) is 0 Å². The number of phosphoric ester groups is 1. The highest BCUT2D eigenvalue weighted by molar-refractivity contribution is 7.47. The highest BCUT2D eigenvalue weighted by Gasteiger charge is 2.27. The number of esters is 2. The SMILES string of the molecule is CCCCCCCCCCC/C=C\CCCCCCC(=O)O[C@H](COC(=O)CCCCCCCCCCCCCCCCCCC)COP(=O)(O)OCC[N+](C)(C)C. The van der Waals surface area contributed by atoms with E-state index in [9.17, 15) is 19.0 Å². The summed E-state index contributed by atoms with van der Waals surface area (Å²) in [5.41, 5.74) is 0. The summed E-state index contributed by atoms with van der Waals surface area (Å²) in [7, 11) is 1.48. The molecule has 0 heterocycles. The van der Waals surface area contributed by atoms with Gasteiger partial charge in [-0.1, -0.05) is 193 Å². The average Bonchev–Trinajstić information content (AvgIpc) is 3.17. The number of quaternary nitrogens is 1. The summed E-state index contributed by atoms with van der Waals surface area (Å²) in [4.78, 5) is 35.5. The molecule has 58 heavy (non-hydrogen) atoms. The van der Waals surface area contributed by atoms with E-state index >= 15 is 0 Å². The van der Waals surface area contributed by atoms with Crippen LogP contribution in [0.1, 0.15) is 232 Å². The van der Waals surface area contributed by atoms with Gasteiger partial charge in [0.2, 0.25) is 0 Å². The molecule has 0 aliphatic carbocycles. The Hall–Kier alpha value is -1.25. The maximum atomic E-state index is 12.7. The fourth-order valence-electron chi connectivity index (χ4n) is 6.95. The number of unbranched alkanes of at least 4 members (excludes halogenated alkanes) is 29. The van der Waals surface area contributed by atoms with Crippen LogP contribution in [0.2, 0.25) is 0 Å². The number of allylic oxidation sites excluding steroid dienone is 2. The van der Waals surface area contributed by atoms with Gasteiger partial charge in [0, 0.05) is 12.8 Å². The zero-order valence-corrected chi connectivity index (χ0v) is 39.7. The third kappa shape index (κ3) is 44.3. The van der Waals surface area contributed by atoms with Crippen LogP contribution in [-0.2, 0) is 32.7 Å². The van der Waals surface area contributed by atoms with E-state index < -0.39 is 26.5 Å². The lowest BCUT2D eigenvalue weighted by atomic mass is 10.0. The second-order valence-corrected chi connectivity index (χ2v) is 19.3. The molecule has 0 saturated heterocycles. The molecule has 10 heteroatoms. The first kappa shape index (κ1) is 56.8. The monoisotopic (exact) mass is 845 g/mol. The zero-order chi connectivity index (χ0) is 42.8. The Morgan fingerprint density at radius 1 is 0.517 bits per heavy atom.